The Labute approximate surface area is 124 Å². The molecule has 0 saturated heterocycles. The summed E-state index contributed by atoms with van der Waals surface area (Å²) < 4.78 is 89.5. The Hall–Kier alpha value is -1.87. The van der Waals surface area contributed by atoms with Crippen LogP contribution in [0.2, 0.25) is 0 Å². The lowest BCUT2D eigenvalue weighted by atomic mass is 10.2. The van der Waals surface area contributed by atoms with Crippen LogP contribution in [-0.4, -0.2) is 13.0 Å². The van der Waals surface area contributed by atoms with Gasteiger partial charge in [-0.25, -0.2) is 8.78 Å². The van der Waals surface area contributed by atoms with E-state index >= 15 is 0 Å². The van der Waals surface area contributed by atoms with Crippen molar-refractivity contribution in [1.82, 2.24) is 0 Å². The van der Waals surface area contributed by atoms with Gasteiger partial charge in [0.2, 0.25) is 17.4 Å². The molecule has 9 heteroatoms. The van der Waals surface area contributed by atoms with E-state index in [9.17, 15) is 26.0 Å². The van der Waals surface area contributed by atoms with Crippen molar-refractivity contribution >= 4 is 10.1 Å². The molecule has 0 heterocycles. The predicted octanol–water partition coefficient (Wildman–Crippen LogP) is 3.74. The minimum absolute atomic E-state index is 0.113. The highest BCUT2D eigenvalue weighted by molar-refractivity contribution is 7.85. The SMILES string of the molecule is C/C=C(\C=C/CC)Oc1c(F)c(F)c(S(=O)(=O)O)c(F)c1F. The zero-order valence-corrected chi connectivity index (χ0v) is 12.3. The van der Waals surface area contributed by atoms with Crippen molar-refractivity contribution in [2.45, 2.75) is 25.2 Å². The van der Waals surface area contributed by atoms with E-state index in [1.54, 1.807) is 13.0 Å². The first-order valence-corrected chi connectivity index (χ1v) is 7.43. The van der Waals surface area contributed by atoms with Crippen molar-refractivity contribution < 1.29 is 35.3 Å². The summed E-state index contributed by atoms with van der Waals surface area (Å²) in [5.41, 5.74) is 0. The highest BCUT2D eigenvalue weighted by atomic mass is 32.2. The molecular weight excluding hydrogens is 328 g/mol. The van der Waals surface area contributed by atoms with Crippen LogP contribution < -0.4 is 4.74 Å². The minimum atomic E-state index is -5.49. The molecule has 0 fully saturated rings. The maximum atomic E-state index is 13.7. The van der Waals surface area contributed by atoms with Gasteiger partial charge in [-0.2, -0.15) is 17.2 Å². The first-order valence-electron chi connectivity index (χ1n) is 5.99. The lowest BCUT2D eigenvalue weighted by Crippen LogP contribution is -2.12. The molecule has 0 unspecified atom stereocenters. The third-order valence-electron chi connectivity index (χ3n) is 2.46. The summed E-state index contributed by atoms with van der Waals surface area (Å²) >= 11 is 0. The van der Waals surface area contributed by atoms with Crippen LogP contribution in [0.25, 0.3) is 0 Å². The molecule has 4 nitrogen and oxygen atoms in total. The van der Waals surface area contributed by atoms with Gasteiger partial charge in [0, 0.05) is 0 Å². The molecule has 0 atom stereocenters. The number of allylic oxidation sites excluding steroid dienone is 3. The Bertz CT molecular complexity index is 710. The third kappa shape index (κ3) is 3.66. The molecule has 1 rings (SSSR count). The van der Waals surface area contributed by atoms with Crippen molar-refractivity contribution in [3.8, 4) is 5.75 Å². The van der Waals surface area contributed by atoms with E-state index in [0.29, 0.717) is 6.42 Å². The van der Waals surface area contributed by atoms with Gasteiger partial charge in [-0.1, -0.05) is 13.0 Å². The van der Waals surface area contributed by atoms with Crippen LogP contribution in [0.15, 0.2) is 28.9 Å². The number of hydrogen-bond donors (Lipinski definition) is 1. The van der Waals surface area contributed by atoms with Gasteiger partial charge >= 0.3 is 10.1 Å². The van der Waals surface area contributed by atoms with Crippen LogP contribution in [0.5, 0.6) is 5.75 Å². The van der Waals surface area contributed by atoms with Crippen molar-refractivity contribution in [3.63, 3.8) is 0 Å². The lowest BCUT2D eigenvalue weighted by Gasteiger charge is -2.12. The van der Waals surface area contributed by atoms with Crippen LogP contribution in [0, 0.1) is 23.3 Å². The Morgan fingerprint density at radius 2 is 1.64 bits per heavy atom. The standard InChI is InChI=1S/C13H12F4O4S/c1-3-5-6-7(4-2)21-12-8(14)10(16)13(22(18,19)20)11(17)9(12)15/h4-6H,3H2,1-2H3,(H,18,19,20)/b6-5-,7-4+. The van der Waals surface area contributed by atoms with Gasteiger partial charge in [0.1, 0.15) is 5.76 Å². The normalized spacial score (nSPS) is 13.0. The Morgan fingerprint density at radius 3 is 2.00 bits per heavy atom. The average molecular weight is 340 g/mol. The van der Waals surface area contributed by atoms with Crippen molar-refractivity contribution in [3.05, 3.63) is 47.3 Å². The van der Waals surface area contributed by atoms with Gasteiger partial charge in [-0.05, 0) is 25.5 Å². The van der Waals surface area contributed by atoms with E-state index in [1.807, 2.05) is 0 Å². The second kappa shape index (κ2) is 6.93. The molecule has 0 aliphatic heterocycles. The summed E-state index contributed by atoms with van der Waals surface area (Å²) in [6.07, 6.45) is 4.71. The second-order valence-corrected chi connectivity index (χ2v) is 5.35. The maximum absolute atomic E-state index is 13.7. The predicted molar refractivity (Wildman–Crippen MR) is 69.9 cm³/mol. The molecule has 0 aromatic heterocycles. The van der Waals surface area contributed by atoms with Crippen LogP contribution in [0.4, 0.5) is 17.6 Å². The second-order valence-electron chi connectivity index (χ2n) is 3.99. The number of rotatable bonds is 5. The zero-order chi connectivity index (χ0) is 17.1. The van der Waals surface area contributed by atoms with E-state index in [1.165, 1.54) is 19.1 Å². The van der Waals surface area contributed by atoms with Gasteiger partial charge in [0.05, 0.1) is 0 Å². The summed E-state index contributed by atoms with van der Waals surface area (Å²) in [7, 11) is -5.49. The molecule has 0 amide bonds. The number of ether oxygens (including phenoxy) is 1. The molecule has 0 saturated carbocycles. The topological polar surface area (TPSA) is 63.6 Å². The first-order chi connectivity index (χ1) is 10.1. The molecular formula is C13H12F4O4S. The Kier molecular flexibility index (Phi) is 5.72. The summed E-state index contributed by atoms with van der Waals surface area (Å²) in [4.78, 5) is -2.11. The minimum Gasteiger partial charge on any atom is -0.451 e. The molecule has 0 aliphatic carbocycles. The molecule has 0 spiro atoms. The molecule has 1 aromatic carbocycles. The maximum Gasteiger partial charge on any atom is 0.300 e. The monoisotopic (exact) mass is 340 g/mol. The van der Waals surface area contributed by atoms with E-state index in [0.717, 1.165) is 0 Å². The lowest BCUT2D eigenvalue weighted by molar-refractivity contribution is 0.333. The van der Waals surface area contributed by atoms with Gasteiger partial charge in [-0.3, -0.25) is 4.55 Å². The number of halogens is 4. The van der Waals surface area contributed by atoms with Gasteiger partial charge in [0.15, 0.2) is 16.5 Å². The van der Waals surface area contributed by atoms with Crippen LogP contribution in [0.3, 0.4) is 0 Å². The number of benzene rings is 1. The highest BCUT2D eigenvalue weighted by Crippen LogP contribution is 2.33. The van der Waals surface area contributed by atoms with Crippen molar-refractivity contribution in [2.24, 2.45) is 0 Å². The fraction of sp³-hybridized carbons (Fsp3) is 0.231. The summed E-state index contributed by atoms with van der Waals surface area (Å²) in [6, 6.07) is 0. The number of hydrogen-bond acceptors (Lipinski definition) is 3. The van der Waals surface area contributed by atoms with E-state index < -0.39 is 44.0 Å². The molecule has 0 bridgehead atoms. The summed E-state index contributed by atoms with van der Waals surface area (Å²) in [5, 5.41) is 0. The summed E-state index contributed by atoms with van der Waals surface area (Å²) in [6.45, 7) is 3.22. The molecule has 0 aliphatic rings. The van der Waals surface area contributed by atoms with Crippen molar-refractivity contribution in [2.75, 3.05) is 0 Å². The fourth-order valence-electron chi connectivity index (χ4n) is 1.45. The molecule has 22 heavy (non-hydrogen) atoms. The van der Waals surface area contributed by atoms with Gasteiger partial charge in [-0.15, -0.1) is 0 Å². The first kappa shape index (κ1) is 18.2. The molecule has 1 aromatic rings. The van der Waals surface area contributed by atoms with E-state index in [-0.39, 0.29) is 5.76 Å². The van der Waals surface area contributed by atoms with Crippen LogP contribution in [-0.2, 0) is 10.1 Å². The largest absolute Gasteiger partial charge is 0.451 e. The smallest absolute Gasteiger partial charge is 0.300 e. The average Bonchev–Trinajstić information content (AvgIpc) is 2.43. The highest BCUT2D eigenvalue weighted by Gasteiger charge is 2.33. The molecule has 0 radical (unpaired) electrons. The molecule has 1 N–H and O–H groups in total. The van der Waals surface area contributed by atoms with Gasteiger partial charge in [0.25, 0.3) is 0 Å². The van der Waals surface area contributed by atoms with Crippen LogP contribution >= 0.6 is 0 Å². The Morgan fingerprint density at radius 1 is 1.14 bits per heavy atom. The van der Waals surface area contributed by atoms with Gasteiger partial charge < -0.3 is 4.74 Å². The molecule has 122 valence electrons. The quantitative estimate of drug-likeness (QED) is 0.292. The zero-order valence-electron chi connectivity index (χ0n) is 11.5. The van der Waals surface area contributed by atoms with Crippen LogP contribution in [0.1, 0.15) is 20.3 Å². The van der Waals surface area contributed by atoms with E-state index in [4.69, 9.17) is 9.29 Å². The summed E-state index contributed by atoms with van der Waals surface area (Å²) in [5.74, 6) is -10.3. The fourth-order valence-corrected chi connectivity index (χ4v) is 2.08. The van der Waals surface area contributed by atoms with Crippen molar-refractivity contribution in [1.29, 1.82) is 0 Å². The van der Waals surface area contributed by atoms with E-state index in [2.05, 4.69) is 0 Å². The third-order valence-corrected chi connectivity index (χ3v) is 3.34. The Balaban J connectivity index is 3.51.